The largest absolute Gasteiger partial charge is 0.467 e. The number of carbonyl (C=O) groups is 1. The van der Waals surface area contributed by atoms with E-state index in [4.69, 9.17) is 4.42 Å². The molecule has 8 heteroatoms. The average molecular weight is 425 g/mol. The van der Waals surface area contributed by atoms with Gasteiger partial charge in [-0.25, -0.2) is 0 Å². The Kier molecular flexibility index (Phi) is 6.12. The number of nitrogens with zero attached hydrogens (tertiary/aromatic N) is 3. The lowest BCUT2D eigenvalue weighted by atomic mass is 10.1. The molecule has 0 spiro atoms. The highest BCUT2D eigenvalue weighted by atomic mass is 32.2. The van der Waals surface area contributed by atoms with Gasteiger partial charge in [-0.3, -0.25) is 4.79 Å². The van der Waals surface area contributed by atoms with E-state index in [1.165, 1.54) is 0 Å². The minimum absolute atomic E-state index is 0.120. The second-order valence-corrected chi connectivity index (χ2v) is 8.17. The van der Waals surface area contributed by atoms with Crippen LogP contribution in [0.15, 0.2) is 69.7 Å². The molecule has 1 N–H and O–H groups in total. The zero-order valence-electron chi connectivity index (χ0n) is 15.9. The Morgan fingerprint density at radius 1 is 1.21 bits per heavy atom. The van der Waals surface area contributed by atoms with Crippen molar-refractivity contribution in [2.75, 3.05) is 0 Å². The molecule has 1 aromatic carbocycles. The first kappa shape index (κ1) is 19.5. The van der Waals surface area contributed by atoms with E-state index in [2.05, 4.69) is 33.1 Å². The number of benzene rings is 1. The van der Waals surface area contributed by atoms with E-state index in [1.54, 1.807) is 35.4 Å². The highest BCUT2D eigenvalue weighted by Gasteiger charge is 2.14. The predicted molar refractivity (Wildman–Crippen MR) is 115 cm³/mol. The van der Waals surface area contributed by atoms with Gasteiger partial charge in [-0.05, 0) is 48.2 Å². The van der Waals surface area contributed by atoms with Gasteiger partial charge in [0.05, 0.1) is 17.7 Å². The summed E-state index contributed by atoms with van der Waals surface area (Å²) in [4.78, 5) is 13.5. The smallest absolute Gasteiger partial charge is 0.251 e. The second kappa shape index (κ2) is 9.11. The van der Waals surface area contributed by atoms with Gasteiger partial charge in [0.2, 0.25) is 0 Å². The van der Waals surface area contributed by atoms with Crippen molar-refractivity contribution in [3.05, 3.63) is 77.1 Å². The van der Waals surface area contributed by atoms with Crippen LogP contribution in [0.1, 0.15) is 28.6 Å². The zero-order chi connectivity index (χ0) is 20.1. The SMILES string of the molecule is CCn1c(SCc2cccc(C(=O)NCc3ccco3)c2)nnc1-c1cccs1. The average Bonchev–Trinajstić information content (AvgIpc) is 3.51. The Hall–Kier alpha value is -2.84. The number of hydrogen-bond donors (Lipinski definition) is 1. The van der Waals surface area contributed by atoms with Crippen LogP contribution in [0.25, 0.3) is 10.7 Å². The summed E-state index contributed by atoms with van der Waals surface area (Å²) in [6.07, 6.45) is 1.60. The molecule has 6 nitrogen and oxygen atoms in total. The summed E-state index contributed by atoms with van der Waals surface area (Å²) in [6, 6.07) is 15.4. The summed E-state index contributed by atoms with van der Waals surface area (Å²) in [7, 11) is 0. The number of thiophene rings is 1. The second-order valence-electron chi connectivity index (χ2n) is 6.28. The van der Waals surface area contributed by atoms with Gasteiger partial charge in [0.15, 0.2) is 11.0 Å². The van der Waals surface area contributed by atoms with E-state index in [0.717, 1.165) is 33.7 Å². The third kappa shape index (κ3) is 4.60. The summed E-state index contributed by atoms with van der Waals surface area (Å²) in [5, 5.41) is 14.5. The highest BCUT2D eigenvalue weighted by Crippen LogP contribution is 2.28. The molecule has 0 bridgehead atoms. The molecule has 4 aromatic rings. The normalized spacial score (nSPS) is 10.9. The number of nitrogens with one attached hydrogen (secondary N) is 1. The Bertz CT molecular complexity index is 1070. The van der Waals surface area contributed by atoms with Gasteiger partial charge in [-0.15, -0.1) is 21.5 Å². The van der Waals surface area contributed by atoms with Gasteiger partial charge in [0.1, 0.15) is 5.76 Å². The molecule has 3 aromatic heterocycles. The third-order valence-electron chi connectivity index (χ3n) is 4.34. The minimum Gasteiger partial charge on any atom is -0.467 e. The summed E-state index contributed by atoms with van der Waals surface area (Å²) >= 11 is 3.28. The first-order valence-electron chi connectivity index (χ1n) is 9.24. The molecular formula is C21H20N4O2S2. The first-order chi connectivity index (χ1) is 14.2. The number of hydrogen-bond acceptors (Lipinski definition) is 6. The van der Waals surface area contributed by atoms with Crippen molar-refractivity contribution in [1.29, 1.82) is 0 Å². The van der Waals surface area contributed by atoms with E-state index < -0.39 is 0 Å². The van der Waals surface area contributed by atoms with Crippen molar-refractivity contribution >= 4 is 29.0 Å². The molecule has 0 aliphatic heterocycles. The fourth-order valence-electron chi connectivity index (χ4n) is 2.90. The monoisotopic (exact) mass is 424 g/mol. The molecule has 29 heavy (non-hydrogen) atoms. The van der Waals surface area contributed by atoms with Gasteiger partial charge in [0, 0.05) is 17.9 Å². The zero-order valence-corrected chi connectivity index (χ0v) is 17.5. The van der Waals surface area contributed by atoms with Crippen LogP contribution in [0.5, 0.6) is 0 Å². The highest BCUT2D eigenvalue weighted by molar-refractivity contribution is 7.98. The minimum atomic E-state index is -0.120. The van der Waals surface area contributed by atoms with Crippen LogP contribution in [0.2, 0.25) is 0 Å². The summed E-state index contributed by atoms with van der Waals surface area (Å²) < 4.78 is 7.37. The van der Waals surface area contributed by atoms with Crippen LogP contribution in [0.4, 0.5) is 0 Å². The maximum Gasteiger partial charge on any atom is 0.251 e. The molecule has 0 atom stereocenters. The number of amides is 1. The van der Waals surface area contributed by atoms with Crippen molar-refractivity contribution in [1.82, 2.24) is 20.1 Å². The molecule has 1 amide bonds. The number of thioether (sulfide) groups is 1. The lowest BCUT2D eigenvalue weighted by Crippen LogP contribution is -2.22. The topological polar surface area (TPSA) is 73.0 Å². The maximum atomic E-state index is 12.4. The van der Waals surface area contributed by atoms with Crippen LogP contribution in [-0.2, 0) is 18.8 Å². The maximum absolute atomic E-state index is 12.4. The van der Waals surface area contributed by atoms with E-state index in [9.17, 15) is 4.79 Å². The van der Waals surface area contributed by atoms with Crippen LogP contribution < -0.4 is 5.32 Å². The van der Waals surface area contributed by atoms with Gasteiger partial charge >= 0.3 is 0 Å². The molecule has 148 valence electrons. The summed E-state index contributed by atoms with van der Waals surface area (Å²) in [5.74, 6) is 2.22. The van der Waals surface area contributed by atoms with Crippen molar-refractivity contribution in [3.8, 4) is 10.7 Å². The number of aromatic nitrogens is 3. The summed E-state index contributed by atoms with van der Waals surface area (Å²) in [6.45, 7) is 3.27. The lowest BCUT2D eigenvalue weighted by Gasteiger charge is -2.08. The molecule has 0 aliphatic carbocycles. The van der Waals surface area contributed by atoms with Crippen LogP contribution in [0, 0.1) is 0 Å². The summed E-state index contributed by atoms with van der Waals surface area (Å²) in [5.41, 5.74) is 1.69. The molecule has 3 heterocycles. The molecule has 4 rings (SSSR count). The number of carbonyl (C=O) groups excluding carboxylic acids is 1. The predicted octanol–water partition coefficient (Wildman–Crippen LogP) is 4.84. The van der Waals surface area contributed by atoms with Crippen molar-refractivity contribution < 1.29 is 9.21 Å². The van der Waals surface area contributed by atoms with Crippen LogP contribution in [0.3, 0.4) is 0 Å². The van der Waals surface area contributed by atoms with Gasteiger partial charge in [0.25, 0.3) is 5.91 Å². The fourth-order valence-corrected chi connectivity index (χ4v) is 4.56. The quantitative estimate of drug-likeness (QED) is 0.410. The lowest BCUT2D eigenvalue weighted by molar-refractivity contribution is 0.0948. The fraction of sp³-hybridized carbons (Fsp3) is 0.190. The molecule has 0 fully saturated rings. The Labute approximate surface area is 177 Å². The van der Waals surface area contributed by atoms with E-state index in [-0.39, 0.29) is 5.91 Å². The third-order valence-corrected chi connectivity index (χ3v) is 6.24. The molecule has 0 saturated heterocycles. The van der Waals surface area contributed by atoms with Crippen LogP contribution >= 0.6 is 23.1 Å². The van der Waals surface area contributed by atoms with Gasteiger partial charge in [-0.2, -0.15) is 0 Å². The molecule has 0 unspecified atom stereocenters. The number of rotatable bonds is 8. The Morgan fingerprint density at radius 3 is 2.90 bits per heavy atom. The van der Waals surface area contributed by atoms with E-state index in [1.807, 2.05) is 41.8 Å². The Balaban J connectivity index is 1.41. The molecule has 0 aliphatic rings. The Morgan fingerprint density at radius 2 is 2.14 bits per heavy atom. The van der Waals surface area contributed by atoms with Crippen LogP contribution in [-0.4, -0.2) is 20.7 Å². The van der Waals surface area contributed by atoms with Gasteiger partial charge < -0.3 is 14.3 Å². The first-order valence-corrected chi connectivity index (χ1v) is 11.1. The van der Waals surface area contributed by atoms with Crippen molar-refractivity contribution in [3.63, 3.8) is 0 Å². The number of furan rings is 1. The standard InChI is InChI=1S/C21H20N4O2S2/c1-2-25-19(18-9-5-11-28-18)23-24-21(25)29-14-15-6-3-7-16(12-15)20(26)22-13-17-8-4-10-27-17/h3-12H,2,13-14H2,1H3,(H,22,26). The van der Waals surface area contributed by atoms with E-state index in [0.29, 0.717) is 17.9 Å². The molecule has 0 radical (unpaired) electrons. The molecular weight excluding hydrogens is 404 g/mol. The van der Waals surface area contributed by atoms with Crippen molar-refractivity contribution in [2.24, 2.45) is 0 Å². The molecule has 0 saturated carbocycles. The van der Waals surface area contributed by atoms with E-state index >= 15 is 0 Å². The van der Waals surface area contributed by atoms with Crippen molar-refractivity contribution in [2.45, 2.75) is 30.9 Å². The van der Waals surface area contributed by atoms with Gasteiger partial charge in [-0.1, -0.05) is 30.0 Å².